The normalized spacial score (nSPS) is 12.6. The molecular formula is C9H11N3S3. The lowest BCUT2D eigenvalue weighted by Crippen LogP contribution is -2.17. The van der Waals surface area contributed by atoms with Gasteiger partial charge in [0.05, 0.1) is 0 Å². The molecule has 0 saturated carbocycles. The highest BCUT2D eigenvalue weighted by Crippen LogP contribution is 2.15. The molecule has 0 aliphatic heterocycles. The van der Waals surface area contributed by atoms with E-state index in [0.29, 0.717) is 10.00 Å². The van der Waals surface area contributed by atoms with Gasteiger partial charge >= 0.3 is 0 Å². The van der Waals surface area contributed by atoms with Crippen molar-refractivity contribution >= 4 is 40.0 Å². The third-order valence-electron chi connectivity index (χ3n) is 1.93. The van der Waals surface area contributed by atoms with Gasteiger partial charge in [-0.15, -0.1) is 5.10 Å². The first-order valence-corrected chi connectivity index (χ1v) is 6.74. The van der Waals surface area contributed by atoms with E-state index in [9.17, 15) is 0 Å². The van der Waals surface area contributed by atoms with Crippen molar-refractivity contribution in [3.63, 3.8) is 0 Å². The molecule has 15 heavy (non-hydrogen) atoms. The molecule has 6 heteroatoms. The van der Waals surface area contributed by atoms with Crippen molar-refractivity contribution < 1.29 is 0 Å². The van der Waals surface area contributed by atoms with Crippen LogP contribution in [0.3, 0.4) is 0 Å². The Morgan fingerprint density at radius 2 is 2.53 bits per heavy atom. The zero-order valence-corrected chi connectivity index (χ0v) is 10.6. The summed E-state index contributed by atoms with van der Waals surface area (Å²) in [6.07, 6.45) is 1.01. The van der Waals surface area contributed by atoms with Gasteiger partial charge in [0.15, 0.2) is 3.95 Å². The zero-order valence-electron chi connectivity index (χ0n) is 8.19. The van der Waals surface area contributed by atoms with Gasteiger partial charge in [-0.2, -0.15) is 11.3 Å². The minimum Gasteiger partial charge on any atom is -0.357 e. The van der Waals surface area contributed by atoms with Crippen molar-refractivity contribution in [2.75, 3.05) is 5.32 Å². The predicted octanol–water partition coefficient (Wildman–Crippen LogP) is 3.31. The van der Waals surface area contributed by atoms with Gasteiger partial charge in [0.1, 0.15) is 0 Å². The maximum Gasteiger partial charge on any atom is 0.204 e. The molecule has 1 unspecified atom stereocenters. The fourth-order valence-corrected chi connectivity index (χ4v) is 2.90. The van der Waals surface area contributed by atoms with Crippen LogP contribution in [-0.2, 0) is 6.42 Å². The highest BCUT2D eigenvalue weighted by atomic mass is 32.1. The second kappa shape index (κ2) is 4.87. The second-order valence-electron chi connectivity index (χ2n) is 3.30. The summed E-state index contributed by atoms with van der Waals surface area (Å²) in [5, 5.41) is 15.3. The molecule has 0 aromatic carbocycles. The smallest absolute Gasteiger partial charge is 0.204 e. The summed E-state index contributed by atoms with van der Waals surface area (Å²) in [7, 11) is 0. The lowest BCUT2D eigenvalue weighted by atomic mass is 10.1. The summed E-state index contributed by atoms with van der Waals surface area (Å²) in [5.41, 5.74) is 1.36. The van der Waals surface area contributed by atoms with Gasteiger partial charge in [-0.3, -0.25) is 5.10 Å². The standard InChI is InChI=1S/C9H11N3S3/c1-6(4-7-2-3-14-5-7)10-8-11-12-9(13)15-8/h2-3,5-6H,4H2,1H3,(H,10,11)(H,12,13). The Hall–Kier alpha value is -0.720. The first kappa shape index (κ1) is 10.8. The highest BCUT2D eigenvalue weighted by molar-refractivity contribution is 7.73. The van der Waals surface area contributed by atoms with Gasteiger partial charge in [0, 0.05) is 6.04 Å². The number of H-pyrrole nitrogens is 1. The van der Waals surface area contributed by atoms with Crippen molar-refractivity contribution in [2.45, 2.75) is 19.4 Å². The fraction of sp³-hybridized carbons (Fsp3) is 0.333. The van der Waals surface area contributed by atoms with E-state index in [1.165, 1.54) is 16.9 Å². The van der Waals surface area contributed by atoms with Crippen LogP contribution in [0.2, 0.25) is 0 Å². The van der Waals surface area contributed by atoms with Crippen LogP contribution in [0.4, 0.5) is 5.13 Å². The Labute approximate surface area is 101 Å². The summed E-state index contributed by atoms with van der Waals surface area (Å²) in [4.78, 5) is 0. The minimum absolute atomic E-state index is 0.369. The number of hydrogen-bond acceptors (Lipinski definition) is 5. The highest BCUT2D eigenvalue weighted by Gasteiger charge is 2.05. The van der Waals surface area contributed by atoms with Gasteiger partial charge in [-0.05, 0) is 48.0 Å². The minimum atomic E-state index is 0.369. The number of nitrogens with zero attached hydrogens (tertiary/aromatic N) is 1. The van der Waals surface area contributed by atoms with E-state index in [-0.39, 0.29) is 0 Å². The third-order valence-corrected chi connectivity index (χ3v) is 3.68. The van der Waals surface area contributed by atoms with Crippen LogP contribution in [0.1, 0.15) is 12.5 Å². The molecule has 2 N–H and O–H groups in total. The molecule has 0 aliphatic carbocycles. The van der Waals surface area contributed by atoms with Crippen LogP contribution in [-0.4, -0.2) is 16.2 Å². The number of aromatic amines is 1. The number of aromatic nitrogens is 2. The van der Waals surface area contributed by atoms with Crippen molar-refractivity contribution in [2.24, 2.45) is 0 Å². The van der Waals surface area contributed by atoms with Crippen molar-refractivity contribution in [1.82, 2.24) is 10.2 Å². The monoisotopic (exact) mass is 257 g/mol. The van der Waals surface area contributed by atoms with Gasteiger partial charge in [0.25, 0.3) is 0 Å². The average molecular weight is 257 g/mol. The van der Waals surface area contributed by atoms with Crippen LogP contribution in [0.15, 0.2) is 16.8 Å². The number of hydrogen-bond donors (Lipinski definition) is 2. The Morgan fingerprint density at radius 3 is 3.13 bits per heavy atom. The van der Waals surface area contributed by atoms with Crippen LogP contribution in [0, 0.1) is 3.95 Å². The van der Waals surface area contributed by atoms with E-state index in [2.05, 4.69) is 39.3 Å². The van der Waals surface area contributed by atoms with Crippen molar-refractivity contribution in [1.29, 1.82) is 0 Å². The predicted molar refractivity (Wildman–Crippen MR) is 68.4 cm³/mol. The van der Waals surface area contributed by atoms with Gasteiger partial charge in [0.2, 0.25) is 5.13 Å². The van der Waals surface area contributed by atoms with E-state index in [4.69, 9.17) is 12.2 Å². The number of thiophene rings is 1. The molecule has 0 aliphatic rings. The SMILES string of the molecule is CC(Cc1ccsc1)Nc1n[nH]c(=S)s1. The molecule has 2 aromatic rings. The Balaban J connectivity index is 1.92. The first-order valence-electron chi connectivity index (χ1n) is 4.57. The fourth-order valence-electron chi connectivity index (χ4n) is 1.32. The van der Waals surface area contributed by atoms with E-state index < -0.39 is 0 Å². The van der Waals surface area contributed by atoms with Crippen LogP contribution in [0.5, 0.6) is 0 Å². The molecule has 0 fully saturated rings. The number of rotatable bonds is 4. The van der Waals surface area contributed by atoms with Gasteiger partial charge in [-0.25, -0.2) is 0 Å². The maximum absolute atomic E-state index is 4.96. The van der Waals surface area contributed by atoms with E-state index >= 15 is 0 Å². The molecule has 2 aromatic heterocycles. The maximum atomic E-state index is 4.96. The lowest BCUT2D eigenvalue weighted by molar-refractivity contribution is 0.787. The number of nitrogens with one attached hydrogen (secondary N) is 2. The lowest BCUT2D eigenvalue weighted by Gasteiger charge is -2.10. The molecule has 0 radical (unpaired) electrons. The molecule has 2 heterocycles. The average Bonchev–Trinajstić information content (AvgIpc) is 2.77. The van der Waals surface area contributed by atoms with Crippen molar-refractivity contribution in [3.05, 3.63) is 26.3 Å². The summed E-state index contributed by atoms with van der Waals surface area (Å²) in [5.74, 6) is 0. The molecule has 80 valence electrons. The van der Waals surface area contributed by atoms with Gasteiger partial charge in [-0.1, -0.05) is 11.3 Å². The second-order valence-corrected chi connectivity index (χ2v) is 5.75. The van der Waals surface area contributed by atoms with E-state index in [1.807, 2.05) is 0 Å². The van der Waals surface area contributed by atoms with Crippen LogP contribution >= 0.6 is 34.9 Å². The largest absolute Gasteiger partial charge is 0.357 e. The Morgan fingerprint density at radius 1 is 1.67 bits per heavy atom. The topological polar surface area (TPSA) is 40.7 Å². The summed E-state index contributed by atoms with van der Waals surface area (Å²) in [6.45, 7) is 2.14. The molecule has 2 rings (SSSR count). The van der Waals surface area contributed by atoms with Crippen LogP contribution in [0.25, 0.3) is 0 Å². The van der Waals surface area contributed by atoms with Crippen LogP contribution < -0.4 is 5.32 Å². The summed E-state index contributed by atoms with van der Waals surface area (Å²) in [6, 6.07) is 2.52. The molecule has 0 bridgehead atoms. The Bertz CT molecular complexity index is 457. The molecular weight excluding hydrogens is 246 g/mol. The van der Waals surface area contributed by atoms with E-state index in [0.717, 1.165) is 11.6 Å². The zero-order chi connectivity index (χ0) is 10.7. The molecule has 1 atom stereocenters. The first-order chi connectivity index (χ1) is 7.24. The quantitative estimate of drug-likeness (QED) is 0.826. The van der Waals surface area contributed by atoms with Crippen molar-refractivity contribution in [3.8, 4) is 0 Å². The summed E-state index contributed by atoms with van der Waals surface area (Å²) < 4.78 is 0.709. The third kappa shape index (κ3) is 3.12. The number of anilines is 1. The van der Waals surface area contributed by atoms with E-state index in [1.54, 1.807) is 11.3 Å². The summed E-state index contributed by atoms with van der Waals surface area (Å²) >= 11 is 8.16. The Kier molecular flexibility index (Phi) is 3.50. The molecule has 0 spiro atoms. The molecule has 0 amide bonds. The molecule has 3 nitrogen and oxygen atoms in total. The molecule has 0 saturated heterocycles. The van der Waals surface area contributed by atoms with Gasteiger partial charge < -0.3 is 5.32 Å².